The molecule has 0 saturated heterocycles. The number of benzene rings is 1. The zero-order valence-corrected chi connectivity index (χ0v) is 6.70. The van der Waals surface area contributed by atoms with Crippen molar-refractivity contribution in [3.8, 4) is 0 Å². The Kier molecular flexibility index (Phi) is 3.14. The third kappa shape index (κ3) is 2.06. The Morgan fingerprint density at radius 1 is 1.36 bits per heavy atom. The van der Waals surface area contributed by atoms with Crippen molar-refractivity contribution in [1.29, 1.82) is 0 Å². The molecule has 1 aromatic carbocycles. The summed E-state index contributed by atoms with van der Waals surface area (Å²) in [5, 5.41) is 0. The second-order valence-corrected chi connectivity index (χ2v) is 2.28. The summed E-state index contributed by atoms with van der Waals surface area (Å²) in [7, 11) is 0. The van der Waals surface area contributed by atoms with Crippen LogP contribution in [-0.4, -0.2) is 6.29 Å². The molecule has 0 bridgehead atoms. The first kappa shape index (κ1) is 8.30. The molecule has 1 atom stereocenters. The predicted molar refractivity (Wildman–Crippen MR) is 45.3 cm³/mol. The molecule has 0 aliphatic rings. The maximum absolute atomic E-state index is 10.4. The monoisotopic (exact) mass is 168 g/mol. The van der Waals surface area contributed by atoms with Crippen molar-refractivity contribution in [3.05, 3.63) is 35.9 Å². The number of hydrogen-bond donors (Lipinski definition) is 1. The Balaban J connectivity index is 2.82. The smallest absolute Gasteiger partial charge is 0.154 e. The molecule has 0 aliphatic heterocycles. The van der Waals surface area contributed by atoms with Crippen LogP contribution in [0.3, 0.4) is 0 Å². The van der Waals surface area contributed by atoms with E-state index in [1.54, 1.807) is 0 Å². The second-order valence-electron chi connectivity index (χ2n) is 2.07. The first-order valence-electron chi connectivity index (χ1n) is 3.19. The molecule has 58 valence electrons. The largest absolute Gasteiger partial charge is 0.303 e. The van der Waals surface area contributed by atoms with Crippen LogP contribution in [0.25, 0.3) is 0 Å². The summed E-state index contributed by atoms with van der Waals surface area (Å²) in [6, 6.07) is 9.20. The topological polar surface area (TPSA) is 26.3 Å². The summed E-state index contributed by atoms with van der Waals surface area (Å²) in [5.74, 6) is 0. The number of aldehydes is 1. The Hall–Kier alpha value is -0.800. The van der Waals surface area contributed by atoms with Gasteiger partial charge in [0, 0.05) is 0 Å². The fourth-order valence-electron chi connectivity index (χ4n) is 0.807. The van der Waals surface area contributed by atoms with E-state index in [-0.39, 0.29) is 0 Å². The van der Waals surface area contributed by atoms with Crippen LogP contribution in [0.1, 0.15) is 11.7 Å². The molecule has 1 rings (SSSR count). The van der Waals surface area contributed by atoms with Gasteiger partial charge in [-0.2, -0.15) is 0 Å². The van der Waals surface area contributed by atoms with Crippen LogP contribution in [0.5, 0.6) is 0 Å². The van der Waals surface area contributed by atoms with Crippen molar-refractivity contribution in [3.63, 3.8) is 0 Å². The lowest BCUT2D eigenvalue weighted by Crippen LogP contribution is -1.98. The molecule has 0 saturated carbocycles. The molecule has 3 heteroatoms. The highest BCUT2D eigenvalue weighted by Crippen LogP contribution is 2.14. The normalized spacial score (nSPS) is 12.5. The Bertz CT molecular complexity index is 223. The van der Waals surface area contributed by atoms with Crippen molar-refractivity contribution in [1.82, 2.24) is 0 Å². The molecule has 11 heavy (non-hydrogen) atoms. The molecule has 0 aromatic heterocycles. The molecule has 1 unspecified atom stereocenters. The molecule has 0 amide bonds. The van der Waals surface area contributed by atoms with Crippen LogP contribution in [0, 0.1) is 0 Å². The van der Waals surface area contributed by atoms with Crippen LogP contribution in [-0.2, 0) is 8.98 Å². The molecule has 0 fully saturated rings. The fourth-order valence-corrected chi connectivity index (χ4v) is 0.978. The van der Waals surface area contributed by atoms with Gasteiger partial charge in [-0.05, 0) is 18.5 Å². The summed E-state index contributed by atoms with van der Waals surface area (Å²) in [6.45, 7) is 0. The summed E-state index contributed by atoms with van der Waals surface area (Å²) in [6.07, 6.45) is 0.155. The van der Waals surface area contributed by atoms with Crippen molar-refractivity contribution in [2.45, 2.75) is 6.10 Å². The van der Waals surface area contributed by atoms with E-state index < -0.39 is 6.10 Å². The van der Waals surface area contributed by atoms with E-state index in [0.29, 0.717) is 6.29 Å². The van der Waals surface area contributed by atoms with Crippen molar-refractivity contribution < 1.29 is 8.98 Å². The predicted octanol–water partition coefficient (Wildman–Crippen LogP) is 1.79. The average molecular weight is 168 g/mol. The van der Waals surface area contributed by atoms with Gasteiger partial charge in [0.15, 0.2) is 12.4 Å². The SMILES string of the molecule is O=CC(OS)c1ccccc1. The quantitative estimate of drug-likeness (QED) is 0.423. The molecule has 0 spiro atoms. The van der Waals surface area contributed by atoms with Crippen LogP contribution >= 0.6 is 12.9 Å². The third-order valence-electron chi connectivity index (χ3n) is 1.37. The second kappa shape index (κ2) is 4.16. The van der Waals surface area contributed by atoms with Gasteiger partial charge in [0.2, 0.25) is 0 Å². The first-order chi connectivity index (χ1) is 5.38. The third-order valence-corrected chi connectivity index (χ3v) is 1.59. The minimum atomic E-state index is -0.556. The molecule has 2 nitrogen and oxygen atoms in total. The Labute approximate surface area is 70.8 Å². The summed E-state index contributed by atoms with van der Waals surface area (Å²) < 4.78 is 4.61. The van der Waals surface area contributed by atoms with Gasteiger partial charge in [-0.25, -0.2) is 0 Å². The molecule has 0 radical (unpaired) electrons. The van der Waals surface area contributed by atoms with Crippen molar-refractivity contribution >= 4 is 19.2 Å². The number of rotatable bonds is 3. The molecule has 1 aromatic rings. The van der Waals surface area contributed by atoms with Gasteiger partial charge < -0.3 is 8.98 Å². The highest BCUT2D eigenvalue weighted by molar-refractivity contribution is 7.75. The molecule has 0 heterocycles. The molecular formula is C8H8O2S. The van der Waals surface area contributed by atoms with Gasteiger partial charge in [0.25, 0.3) is 0 Å². The first-order valence-corrected chi connectivity index (χ1v) is 3.55. The number of carbonyl (C=O) groups is 1. The maximum Gasteiger partial charge on any atom is 0.154 e. The van der Waals surface area contributed by atoms with Gasteiger partial charge in [0.1, 0.15) is 0 Å². The van der Waals surface area contributed by atoms with E-state index in [4.69, 9.17) is 0 Å². The minimum absolute atomic E-state index is 0.556. The minimum Gasteiger partial charge on any atom is -0.303 e. The summed E-state index contributed by atoms with van der Waals surface area (Å²) in [5.41, 5.74) is 0.817. The highest BCUT2D eigenvalue weighted by atomic mass is 32.1. The summed E-state index contributed by atoms with van der Waals surface area (Å²) in [4.78, 5) is 10.4. The number of carbonyl (C=O) groups excluding carboxylic acids is 1. The van der Waals surface area contributed by atoms with Crippen LogP contribution < -0.4 is 0 Å². The number of hydrogen-bond acceptors (Lipinski definition) is 3. The Morgan fingerprint density at radius 2 is 2.00 bits per heavy atom. The van der Waals surface area contributed by atoms with Crippen molar-refractivity contribution in [2.75, 3.05) is 0 Å². The lowest BCUT2D eigenvalue weighted by molar-refractivity contribution is -0.113. The van der Waals surface area contributed by atoms with Crippen molar-refractivity contribution in [2.24, 2.45) is 0 Å². The van der Waals surface area contributed by atoms with Gasteiger partial charge >= 0.3 is 0 Å². The van der Waals surface area contributed by atoms with E-state index in [1.165, 1.54) is 0 Å². The van der Waals surface area contributed by atoms with E-state index >= 15 is 0 Å². The fraction of sp³-hybridized carbons (Fsp3) is 0.125. The zero-order chi connectivity index (χ0) is 8.10. The van der Waals surface area contributed by atoms with Crippen LogP contribution in [0.2, 0.25) is 0 Å². The standard InChI is InChI=1S/C8H8O2S/c9-6-8(10-11)7-4-2-1-3-5-7/h1-6,8,11H. The van der Waals surface area contributed by atoms with E-state index in [1.807, 2.05) is 30.3 Å². The maximum atomic E-state index is 10.4. The van der Waals surface area contributed by atoms with Crippen LogP contribution in [0.4, 0.5) is 0 Å². The molecule has 0 aliphatic carbocycles. The van der Waals surface area contributed by atoms with Gasteiger partial charge in [-0.1, -0.05) is 30.3 Å². The molecular weight excluding hydrogens is 160 g/mol. The number of thiol groups is 1. The van der Waals surface area contributed by atoms with E-state index in [2.05, 4.69) is 17.1 Å². The van der Waals surface area contributed by atoms with Gasteiger partial charge in [0.05, 0.1) is 0 Å². The highest BCUT2D eigenvalue weighted by Gasteiger charge is 2.06. The lowest BCUT2D eigenvalue weighted by atomic mass is 10.1. The van der Waals surface area contributed by atoms with Gasteiger partial charge in [-0.15, -0.1) is 0 Å². The van der Waals surface area contributed by atoms with Gasteiger partial charge in [-0.3, -0.25) is 0 Å². The summed E-state index contributed by atoms with van der Waals surface area (Å²) >= 11 is 3.58. The Morgan fingerprint density at radius 3 is 2.45 bits per heavy atom. The van der Waals surface area contributed by atoms with E-state index in [0.717, 1.165) is 5.56 Å². The zero-order valence-electron chi connectivity index (χ0n) is 5.81. The lowest BCUT2D eigenvalue weighted by Gasteiger charge is -2.05. The van der Waals surface area contributed by atoms with Crippen LogP contribution in [0.15, 0.2) is 30.3 Å². The molecule has 0 N–H and O–H groups in total. The van der Waals surface area contributed by atoms with E-state index in [9.17, 15) is 4.79 Å². The average Bonchev–Trinajstić information content (AvgIpc) is 2.09.